The zero-order valence-electron chi connectivity index (χ0n) is 20.2. The highest BCUT2D eigenvalue weighted by Crippen LogP contribution is 2.26. The lowest BCUT2D eigenvalue weighted by molar-refractivity contribution is 0.215. The smallest absolute Gasteiger partial charge is 0.229 e. The topological polar surface area (TPSA) is 119 Å². The zero-order chi connectivity index (χ0) is 25.8. The summed E-state index contributed by atoms with van der Waals surface area (Å²) in [5.41, 5.74) is 6.02. The second-order valence-corrected chi connectivity index (χ2v) is 12.4. The molecule has 10 heteroatoms. The number of nitrogens with zero attached hydrogens (tertiary/aromatic N) is 1. The van der Waals surface area contributed by atoms with E-state index in [0.29, 0.717) is 23.6 Å². The zero-order valence-corrected chi connectivity index (χ0v) is 21.8. The standard InChI is InChI=1S/C26H31N3O5S2/c1-35(30,31)28-25-8-6-21(7-9-25)23-5-4-22-12-14-29(15-13-24(22)18-23)16-17-34-26-10-2-20(3-11-26)19-36(27,32)33/h2-11,18,28H,12-17,19H2,1H3,(H2,27,32,33). The number of primary sulfonamides is 1. The van der Waals surface area contributed by atoms with Crippen molar-refractivity contribution in [2.45, 2.75) is 18.6 Å². The molecule has 0 amide bonds. The summed E-state index contributed by atoms with van der Waals surface area (Å²) in [5, 5.41) is 5.09. The molecule has 0 saturated heterocycles. The Balaban J connectivity index is 1.30. The van der Waals surface area contributed by atoms with Crippen molar-refractivity contribution in [2.75, 3.05) is 37.2 Å². The van der Waals surface area contributed by atoms with Crippen LogP contribution in [0.15, 0.2) is 66.7 Å². The SMILES string of the molecule is CS(=O)(=O)Nc1ccc(-c2ccc3c(c2)CCN(CCOc2ccc(CS(N)(=O)=O)cc2)CC3)cc1. The highest BCUT2D eigenvalue weighted by Gasteiger charge is 2.15. The van der Waals surface area contributed by atoms with E-state index in [4.69, 9.17) is 9.88 Å². The van der Waals surface area contributed by atoms with E-state index in [1.807, 2.05) is 12.1 Å². The summed E-state index contributed by atoms with van der Waals surface area (Å²) >= 11 is 0. The maximum absolute atomic E-state index is 11.4. The van der Waals surface area contributed by atoms with Gasteiger partial charge < -0.3 is 4.74 Å². The predicted molar refractivity (Wildman–Crippen MR) is 143 cm³/mol. The van der Waals surface area contributed by atoms with Gasteiger partial charge in [0.05, 0.1) is 12.0 Å². The number of sulfonamides is 2. The van der Waals surface area contributed by atoms with Gasteiger partial charge in [0.1, 0.15) is 12.4 Å². The Bertz CT molecular complexity index is 1400. The molecule has 1 aliphatic heterocycles. The van der Waals surface area contributed by atoms with Crippen LogP contribution in [0.25, 0.3) is 11.1 Å². The Kier molecular flexibility index (Phi) is 7.99. The number of hydrogen-bond acceptors (Lipinski definition) is 6. The maximum atomic E-state index is 11.4. The third-order valence-corrected chi connectivity index (χ3v) is 7.43. The molecule has 3 N–H and O–H groups in total. The normalized spacial score (nSPS) is 14.6. The van der Waals surface area contributed by atoms with E-state index in [2.05, 4.69) is 27.8 Å². The van der Waals surface area contributed by atoms with Crippen molar-refractivity contribution in [3.63, 3.8) is 0 Å². The van der Waals surface area contributed by atoms with E-state index in [9.17, 15) is 16.8 Å². The van der Waals surface area contributed by atoms with Crippen LogP contribution in [0.2, 0.25) is 0 Å². The molecule has 0 atom stereocenters. The molecule has 8 nitrogen and oxygen atoms in total. The molecule has 0 aromatic heterocycles. The van der Waals surface area contributed by atoms with Gasteiger partial charge in [-0.2, -0.15) is 0 Å². The summed E-state index contributed by atoms with van der Waals surface area (Å²) < 4.78 is 53.6. The minimum absolute atomic E-state index is 0.185. The van der Waals surface area contributed by atoms with Crippen molar-refractivity contribution >= 4 is 25.7 Å². The molecular weight excluding hydrogens is 498 g/mol. The molecular formula is C26H31N3O5S2. The summed E-state index contributed by atoms with van der Waals surface area (Å²) in [6.45, 7) is 3.23. The van der Waals surface area contributed by atoms with Crippen LogP contribution in [0, 0.1) is 0 Å². The van der Waals surface area contributed by atoms with Crippen molar-refractivity contribution in [2.24, 2.45) is 5.14 Å². The fourth-order valence-electron chi connectivity index (χ4n) is 4.33. The van der Waals surface area contributed by atoms with E-state index in [1.165, 1.54) is 11.1 Å². The lowest BCUT2D eigenvalue weighted by Crippen LogP contribution is -2.30. The molecule has 0 aliphatic carbocycles. The van der Waals surface area contributed by atoms with Crippen molar-refractivity contribution < 1.29 is 21.6 Å². The lowest BCUT2D eigenvalue weighted by Gasteiger charge is -2.19. The second kappa shape index (κ2) is 11.0. The summed E-state index contributed by atoms with van der Waals surface area (Å²) in [6.07, 6.45) is 3.05. The van der Waals surface area contributed by atoms with E-state index in [0.717, 1.165) is 49.9 Å². The molecule has 0 bridgehead atoms. The summed E-state index contributed by atoms with van der Waals surface area (Å²) in [5.74, 6) is 0.517. The molecule has 3 aromatic carbocycles. The summed E-state index contributed by atoms with van der Waals surface area (Å²) in [6, 6.07) is 20.9. The average molecular weight is 530 g/mol. The first-order valence-electron chi connectivity index (χ1n) is 11.7. The Morgan fingerprint density at radius 1 is 0.861 bits per heavy atom. The van der Waals surface area contributed by atoms with Crippen LogP contribution >= 0.6 is 0 Å². The number of anilines is 1. The number of hydrogen-bond donors (Lipinski definition) is 2. The Morgan fingerprint density at radius 3 is 2.14 bits per heavy atom. The number of ether oxygens (including phenoxy) is 1. The molecule has 192 valence electrons. The van der Waals surface area contributed by atoms with Crippen LogP contribution < -0.4 is 14.6 Å². The van der Waals surface area contributed by atoms with Crippen molar-refractivity contribution in [3.05, 3.63) is 83.4 Å². The maximum Gasteiger partial charge on any atom is 0.229 e. The third kappa shape index (κ3) is 7.79. The molecule has 4 rings (SSSR count). The Morgan fingerprint density at radius 2 is 1.50 bits per heavy atom. The van der Waals surface area contributed by atoms with Crippen LogP contribution in [0.1, 0.15) is 16.7 Å². The molecule has 0 radical (unpaired) electrons. The molecule has 36 heavy (non-hydrogen) atoms. The minimum Gasteiger partial charge on any atom is -0.492 e. The van der Waals surface area contributed by atoms with Gasteiger partial charge in [-0.05, 0) is 64.9 Å². The van der Waals surface area contributed by atoms with Crippen LogP contribution in [0.3, 0.4) is 0 Å². The monoisotopic (exact) mass is 529 g/mol. The predicted octanol–water partition coefficient (Wildman–Crippen LogP) is 2.99. The highest BCUT2D eigenvalue weighted by atomic mass is 32.2. The van der Waals surface area contributed by atoms with Gasteiger partial charge in [-0.15, -0.1) is 0 Å². The van der Waals surface area contributed by atoms with Crippen molar-refractivity contribution in [3.8, 4) is 16.9 Å². The number of rotatable bonds is 9. The number of nitrogens with two attached hydrogens (primary N) is 1. The van der Waals surface area contributed by atoms with Crippen LogP contribution in [-0.4, -0.2) is 54.2 Å². The molecule has 0 saturated carbocycles. The lowest BCUT2D eigenvalue weighted by atomic mass is 9.96. The van der Waals surface area contributed by atoms with Crippen molar-refractivity contribution in [1.82, 2.24) is 4.90 Å². The first-order valence-corrected chi connectivity index (χ1v) is 15.3. The first kappa shape index (κ1) is 26.2. The fraction of sp³-hybridized carbons (Fsp3) is 0.308. The van der Waals surface area contributed by atoms with Gasteiger partial charge in [0, 0.05) is 25.3 Å². The Hall–Kier alpha value is -2.92. The summed E-state index contributed by atoms with van der Waals surface area (Å²) in [4.78, 5) is 2.39. The van der Waals surface area contributed by atoms with E-state index in [-0.39, 0.29) is 5.75 Å². The van der Waals surface area contributed by atoms with Crippen LogP contribution in [0.5, 0.6) is 5.75 Å². The molecule has 1 aliphatic rings. The van der Waals surface area contributed by atoms with Gasteiger partial charge >= 0.3 is 0 Å². The van der Waals surface area contributed by atoms with Crippen molar-refractivity contribution in [1.29, 1.82) is 0 Å². The van der Waals surface area contributed by atoms with Gasteiger partial charge in [0.25, 0.3) is 0 Å². The van der Waals surface area contributed by atoms with Gasteiger partial charge in [0.15, 0.2) is 0 Å². The molecule has 0 spiro atoms. The average Bonchev–Trinajstić information content (AvgIpc) is 3.01. The third-order valence-electron chi connectivity index (χ3n) is 6.09. The molecule has 3 aromatic rings. The first-order chi connectivity index (χ1) is 17.0. The summed E-state index contributed by atoms with van der Waals surface area (Å²) in [7, 11) is -6.84. The van der Waals surface area contributed by atoms with Gasteiger partial charge in [-0.1, -0.05) is 42.5 Å². The van der Waals surface area contributed by atoms with Gasteiger partial charge in [-0.25, -0.2) is 22.0 Å². The van der Waals surface area contributed by atoms with E-state index >= 15 is 0 Å². The second-order valence-electron chi connectivity index (χ2n) is 9.08. The van der Waals surface area contributed by atoms with E-state index < -0.39 is 20.0 Å². The molecule has 1 heterocycles. The van der Waals surface area contributed by atoms with Crippen LogP contribution in [0.4, 0.5) is 5.69 Å². The quantitative estimate of drug-likeness (QED) is 0.440. The molecule has 0 fully saturated rings. The van der Waals surface area contributed by atoms with Gasteiger partial charge in [0.2, 0.25) is 20.0 Å². The Labute approximate surface area is 213 Å². The number of fused-ring (bicyclic) bond motifs is 1. The minimum atomic E-state index is -3.54. The van der Waals surface area contributed by atoms with Crippen LogP contribution in [-0.2, 0) is 38.6 Å². The number of nitrogens with one attached hydrogen (secondary N) is 1. The van der Waals surface area contributed by atoms with Gasteiger partial charge in [-0.3, -0.25) is 9.62 Å². The van der Waals surface area contributed by atoms with E-state index in [1.54, 1.807) is 36.4 Å². The number of benzene rings is 3. The molecule has 0 unspecified atom stereocenters. The largest absolute Gasteiger partial charge is 0.492 e. The highest BCUT2D eigenvalue weighted by molar-refractivity contribution is 7.92. The fourth-order valence-corrected chi connectivity index (χ4v) is 5.55.